The molecule has 1 amide bonds. The lowest BCUT2D eigenvalue weighted by atomic mass is 10.1. The molecule has 0 radical (unpaired) electrons. The lowest BCUT2D eigenvalue weighted by Gasteiger charge is -2.27. The summed E-state index contributed by atoms with van der Waals surface area (Å²) in [4.78, 5) is 41.0. The quantitative estimate of drug-likeness (QED) is 0.852. The second-order valence-corrected chi connectivity index (χ2v) is 6.42. The van der Waals surface area contributed by atoms with Crippen molar-refractivity contribution in [1.29, 1.82) is 0 Å². The van der Waals surface area contributed by atoms with Crippen molar-refractivity contribution >= 4 is 17.8 Å². The fourth-order valence-electron chi connectivity index (χ4n) is 2.47. The van der Waals surface area contributed by atoms with Crippen molar-refractivity contribution in [3.8, 4) is 0 Å². The van der Waals surface area contributed by atoms with Gasteiger partial charge in [-0.05, 0) is 45.7 Å². The third-order valence-electron chi connectivity index (χ3n) is 3.42. The number of carbonyl (C=O) groups excluding carboxylic acids is 2. The number of rotatable bonds is 3. The first-order valence-corrected chi connectivity index (χ1v) is 7.42. The molecule has 0 spiro atoms. The van der Waals surface area contributed by atoms with Crippen molar-refractivity contribution in [2.45, 2.75) is 45.3 Å². The number of carbonyl (C=O) groups is 3. The van der Waals surface area contributed by atoms with Gasteiger partial charge in [0.25, 0.3) is 5.91 Å². The van der Waals surface area contributed by atoms with Gasteiger partial charge in [-0.3, -0.25) is 4.79 Å². The molecule has 0 aliphatic carbocycles. The highest BCUT2D eigenvalue weighted by Crippen LogP contribution is 2.23. The van der Waals surface area contributed by atoms with Crippen LogP contribution in [0.25, 0.3) is 0 Å². The maximum Gasteiger partial charge on any atom is 0.354 e. The zero-order valence-corrected chi connectivity index (χ0v) is 13.4. The highest BCUT2D eigenvalue weighted by Gasteiger charge is 2.37. The van der Waals surface area contributed by atoms with E-state index in [0.29, 0.717) is 19.4 Å². The molecular weight excluding hydrogens is 300 g/mol. The summed E-state index contributed by atoms with van der Waals surface area (Å²) in [6.45, 7) is 5.75. The largest absolute Gasteiger partial charge is 0.477 e. The minimum absolute atomic E-state index is 0.202. The average molecular weight is 320 g/mol. The minimum atomic E-state index is -1.20. The van der Waals surface area contributed by atoms with E-state index in [-0.39, 0.29) is 17.2 Å². The van der Waals surface area contributed by atoms with Crippen LogP contribution in [0.5, 0.6) is 0 Å². The average Bonchev–Trinajstić information content (AvgIpc) is 2.94. The molecule has 7 nitrogen and oxygen atoms in total. The number of aromatic carboxylic acids is 1. The van der Waals surface area contributed by atoms with Crippen LogP contribution in [-0.2, 0) is 9.53 Å². The smallest absolute Gasteiger partial charge is 0.354 e. The number of carboxylic acids is 1. The Kier molecular flexibility index (Phi) is 4.68. The lowest BCUT2D eigenvalue weighted by molar-refractivity contribution is -0.159. The number of esters is 1. The molecule has 0 aromatic carbocycles. The Morgan fingerprint density at radius 3 is 2.65 bits per heavy atom. The van der Waals surface area contributed by atoms with Gasteiger partial charge in [0.15, 0.2) is 0 Å². The molecule has 0 unspecified atom stereocenters. The number of nitrogens with zero attached hydrogens (tertiary/aromatic N) is 2. The van der Waals surface area contributed by atoms with E-state index in [1.807, 2.05) is 0 Å². The van der Waals surface area contributed by atoms with Crippen LogP contribution in [0.1, 0.15) is 54.5 Å². The van der Waals surface area contributed by atoms with Crippen LogP contribution in [0.4, 0.5) is 0 Å². The van der Waals surface area contributed by atoms with Crippen molar-refractivity contribution in [1.82, 2.24) is 9.88 Å². The number of hydrogen-bond acceptors (Lipinski definition) is 5. The molecule has 1 fully saturated rings. The van der Waals surface area contributed by atoms with E-state index in [2.05, 4.69) is 4.98 Å². The molecule has 0 saturated carbocycles. The molecule has 1 saturated heterocycles. The molecule has 1 N–H and O–H groups in total. The third kappa shape index (κ3) is 4.06. The number of carboxylic acid groups (broad SMARTS) is 1. The van der Waals surface area contributed by atoms with E-state index in [1.165, 1.54) is 23.2 Å². The van der Waals surface area contributed by atoms with E-state index < -0.39 is 23.6 Å². The molecule has 23 heavy (non-hydrogen) atoms. The van der Waals surface area contributed by atoms with Gasteiger partial charge in [0.1, 0.15) is 17.3 Å². The molecule has 1 atom stereocenters. The Morgan fingerprint density at radius 1 is 1.35 bits per heavy atom. The molecule has 7 heteroatoms. The maximum absolute atomic E-state index is 12.6. The highest BCUT2D eigenvalue weighted by atomic mass is 16.6. The molecule has 1 aliphatic rings. The first-order chi connectivity index (χ1) is 10.7. The number of ether oxygens (including phenoxy) is 1. The van der Waals surface area contributed by atoms with Crippen LogP contribution in [0.2, 0.25) is 0 Å². The van der Waals surface area contributed by atoms with Crippen molar-refractivity contribution in [2.75, 3.05) is 6.54 Å². The predicted molar refractivity (Wildman–Crippen MR) is 81.1 cm³/mol. The summed E-state index contributed by atoms with van der Waals surface area (Å²) in [6, 6.07) is 2.03. The number of hydrogen-bond donors (Lipinski definition) is 1. The molecule has 124 valence electrons. The fourth-order valence-corrected chi connectivity index (χ4v) is 2.47. The Bertz CT molecular complexity index is 636. The van der Waals surface area contributed by atoms with Gasteiger partial charge in [-0.2, -0.15) is 0 Å². The van der Waals surface area contributed by atoms with Crippen molar-refractivity contribution in [2.24, 2.45) is 0 Å². The van der Waals surface area contributed by atoms with Crippen LogP contribution >= 0.6 is 0 Å². The summed E-state index contributed by atoms with van der Waals surface area (Å²) >= 11 is 0. The lowest BCUT2D eigenvalue weighted by Crippen LogP contribution is -2.43. The number of amides is 1. The molecule has 2 rings (SSSR count). The van der Waals surface area contributed by atoms with E-state index >= 15 is 0 Å². The topological polar surface area (TPSA) is 96.8 Å². The predicted octanol–water partition coefficient (Wildman–Crippen LogP) is 1.73. The second-order valence-electron chi connectivity index (χ2n) is 6.42. The Hall–Kier alpha value is -2.44. The Labute approximate surface area is 134 Å². The normalized spacial score (nSPS) is 17.9. The van der Waals surface area contributed by atoms with Gasteiger partial charge >= 0.3 is 11.9 Å². The first-order valence-electron chi connectivity index (χ1n) is 7.42. The molecule has 1 aromatic rings. The minimum Gasteiger partial charge on any atom is -0.477 e. The summed E-state index contributed by atoms with van der Waals surface area (Å²) in [7, 11) is 0. The highest BCUT2D eigenvalue weighted by molar-refractivity contribution is 5.98. The summed E-state index contributed by atoms with van der Waals surface area (Å²) in [5, 5.41) is 8.96. The third-order valence-corrected chi connectivity index (χ3v) is 3.42. The number of pyridine rings is 1. The standard InChI is InChI=1S/C16H20N2O5/c1-16(2,3)23-15(22)12-5-4-8-18(12)13(19)10-6-7-17-11(9-10)14(20)21/h6-7,9,12H,4-5,8H2,1-3H3,(H,20,21)/t12-/m1/s1. The summed E-state index contributed by atoms with van der Waals surface area (Å²) in [6.07, 6.45) is 2.51. The zero-order chi connectivity index (χ0) is 17.2. The van der Waals surface area contributed by atoms with Crippen LogP contribution in [-0.4, -0.2) is 51.0 Å². The second kappa shape index (κ2) is 6.36. The van der Waals surface area contributed by atoms with Gasteiger partial charge in [-0.25, -0.2) is 14.6 Å². The van der Waals surface area contributed by atoms with E-state index in [9.17, 15) is 14.4 Å². The summed E-state index contributed by atoms with van der Waals surface area (Å²) in [5.41, 5.74) is -0.627. The van der Waals surface area contributed by atoms with Crippen molar-refractivity contribution in [3.05, 3.63) is 29.6 Å². The van der Waals surface area contributed by atoms with E-state index in [0.717, 1.165) is 0 Å². The molecule has 2 heterocycles. The number of aromatic nitrogens is 1. The van der Waals surface area contributed by atoms with E-state index in [1.54, 1.807) is 20.8 Å². The van der Waals surface area contributed by atoms with Gasteiger partial charge in [-0.15, -0.1) is 0 Å². The molecule has 1 aliphatic heterocycles. The van der Waals surface area contributed by atoms with Gasteiger partial charge in [0.2, 0.25) is 0 Å². The monoisotopic (exact) mass is 320 g/mol. The van der Waals surface area contributed by atoms with Crippen molar-refractivity contribution in [3.63, 3.8) is 0 Å². The summed E-state index contributed by atoms with van der Waals surface area (Å²) < 4.78 is 5.36. The van der Waals surface area contributed by atoms with Gasteiger partial charge in [-0.1, -0.05) is 0 Å². The first kappa shape index (κ1) is 16.9. The Morgan fingerprint density at radius 2 is 2.04 bits per heavy atom. The maximum atomic E-state index is 12.6. The molecule has 1 aromatic heterocycles. The van der Waals surface area contributed by atoms with E-state index in [4.69, 9.17) is 9.84 Å². The van der Waals surface area contributed by atoms with Gasteiger partial charge in [0.05, 0.1) is 0 Å². The van der Waals surface area contributed by atoms with Crippen LogP contribution in [0, 0.1) is 0 Å². The summed E-state index contributed by atoms with van der Waals surface area (Å²) in [5.74, 6) is -2.02. The van der Waals surface area contributed by atoms with Crippen LogP contribution in [0.15, 0.2) is 18.3 Å². The molecular formula is C16H20N2O5. The number of likely N-dealkylation sites (tertiary alicyclic amines) is 1. The van der Waals surface area contributed by atoms with Crippen LogP contribution < -0.4 is 0 Å². The zero-order valence-electron chi connectivity index (χ0n) is 13.4. The van der Waals surface area contributed by atoms with Crippen molar-refractivity contribution < 1.29 is 24.2 Å². The van der Waals surface area contributed by atoms with Crippen LogP contribution in [0.3, 0.4) is 0 Å². The Balaban J connectivity index is 2.19. The van der Waals surface area contributed by atoms with Gasteiger partial charge < -0.3 is 14.7 Å². The fraction of sp³-hybridized carbons (Fsp3) is 0.500. The molecule has 0 bridgehead atoms. The SMILES string of the molecule is CC(C)(C)OC(=O)[C@H]1CCCN1C(=O)c1ccnc(C(=O)O)c1. The van der Waals surface area contributed by atoms with Gasteiger partial charge in [0, 0.05) is 18.3 Å².